The molecule has 140 valence electrons. The van der Waals surface area contributed by atoms with Crippen LogP contribution < -0.4 is 14.8 Å². The van der Waals surface area contributed by atoms with E-state index >= 15 is 0 Å². The molecule has 1 N–H and O–H groups in total. The first-order valence-electron chi connectivity index (χ1n) is 8.34. The largest absolute Gasteiger partial charge is 0.486 e. The van der Waals surface area contributed by atoms with Gasteiger partial charge in [-0.3, -0.25) is 4.79 Å². The molecule has 4 rings (SSSR count). The van der Waals surface area contributed by atoms with Crippen LogP contribution in [0.2, 0.25) is 0 Å². The Kier molecular flexibility index (Phi) is 5.54. The molecule has 3 heterocycles. The summed E-state index contributed by atoms with van der Waals surface area (Å²) in [6.07, 6.45) is -0.210. The molecule has 1 amide bonds. The monoisotopic (exact) mass is 403 g/mol. The Hall–Kier alpha value is -2.59. The highest BCUT2D eigenvalue weighted by molar-refractivity contribution is 7.99. The quantitative estimate of drug-likeness (QED) is 0.602. The molecule has 2 aromatic heterocycles. The predicted molar refractivity (Wildman–Crippen MR) is 101 cm³/mol. The van der Waals surface area contributed by atoms with Gasteiger partial charge in [-0.25, -0.2) is 4.68 Å². The van der Waals surface area contributed by atoms with Crippen molar-refractivity contribution in [2.75, 3.05) is 18.9 Å². The molecule has 0 fully saturated rings. The Morgan fingerprint density at radius 2 is 2.19 bits per heavy atom. The Bertz CT molecular complexity index is 900. The number of thiophene rings is 1. The number of hydrogen-bond donors (Lipinski definition) is 1. The van der Waals surface area contributed by atoms with E-state index in [1.807, 2.05) is 41.8 Å². The van der Waals surface area contributed by atoms with Crippen molar-refractivity contribution in [2.24, 2.45) is 0 Å². The number of hydrogen-bond acceptors (Lipinski definition) is 8. The third kappa shape index (κ3) is 4.58. The average Bonchev–Trinajstić information content (AvgIpc) is 3.37. The molecule has 0 spiro atoms. The van der Waals surface area contributed by atoms with Crippen LogP contribution in [-0.4, -0.2) is 51.1 Å². The lowest BCUT2D eigenvalue weighted by atomic mass is 10.2. The first-order valence-corrected chi connectivity index (χ1v) is 10.2. The summed E-state index contributed by atoms with van der Waals surface area (Å²) in [7, 11) is 0. The molecular formula is C17H17N5O3S2. The van der Waals surface area contributed by atoms with Gasteiger partial charge in [0.15, 0.2) is 11.5 Å². The van der Waals surface area contributed by atoms with Crippen LogP contribution in [0.4, 0.5) is 0 Å². The van der Waals surface area contributed by atoms with Crippen LogP contribution in [0.3, 0.4) is 0 Å². The number of aromatic nitrogens is 4. The minimum Gasteiger partial charge on any atom is -0.486 e. The number of nitrogens with one attached hydrogen (secondary N) is 1. The van der Waals surface area contributed by atoms with Gasteiger partial charge in [-0.1, -0.05) is 30.0 Å². The van der Waals surface area contributed by atoms with Crippen molar-refractivity contribution in [3.63, 3.8) is 0 Å². The highest BCUT2D eigenvalue weighted by atomic mass is 32.2. The summed E-state index contributed by atoms with van der Waals surface area (Å²) in [6.45, 7) is 1.39. The van der Waals surface area contributed by atoms with Crippen LogP contribution in [-0.2, 0) is 11.3 Å². The molecule has 3 aromatic rings. The first-order chi connectivity index (χ1) is 13.3. The maximum Gasteiger partial charge on any atom is 0.230 e. The van der Waals surface area contributed by atoms with Crippen LogP contribution in [0, 0.1) is 0 Å². The number of amides is 1. The molecule has 8 nitrogen and oxygen atoms in total. The Morgan fingerprint density at radius 1 is 1.30 bits per heavy atom. The number of nitrogens with zero attached hydrogens (tertiary/aromatic N) is 4. The van der Waals surface area contributed by atoms with Gasteiger partial charge in [-0.15, -0.1) is 16.4 Å². The second kappa shape index (κ2) is 8.40. The van der Waals surface area contributed by atoms with Gasteiger partial charge >= 0.3 is 0 Å². The Labute approximate surface area is 163 Å². The number of para-hydroxylation sites is 2. The molecule has 10 heteroatoms. The van der Waals surface area contributed by atoms with Crippen molar-refractivity contribution in [2.45, 2.75) is 17.8 Å². The lowest BCUT2D eigenvalue weighted by Crippen LogP contribution is -2.41. The molecule has 1 aromatic carbocycles. The maximum absolute atomic E-state index is 12.2. The summed E-state index contributed by atoms with van der Waals surface area (Å²) < 4.78 is 13.2. The van der Waals surface area contributed by atoms with Crippen molar-refractivity contribution >= 4 is 29.0 Å². The van der Waals surface area contributed by atoms with Gasteiger partial charge in [0.25, 0.3) is 0 Å². The van der Waals surface area contributed by atoms with E-state index in [4.69, 9.17) is 9.47 Å². The summed E-state index contributed by atoms with van der Waals surface area (Å²) in [4.78, 5) is 13.3. The number of rotatable bonds is 7. The minimum absolute atomic E-state index is 0.104. The van der Waals surface area contributed by atoms with Gasteiger partial charge in [0.05, 0.1) is 18.8 Å². The molecule has 0 saturated heterocycles. The van der Waals surface area contributed by atoms with Crippen LogP contribution in [0.1, 0.15) is 4.88 Å². The van der Waals surface area contributed by atoms with Gasteiger partial charge < -0.3 is 14.8 Å². The topological polar surface area (TPSA) is 91.2 Å². The second-order valence-corrected chi connectivity index (χ2v) is 7.76. The SMILES string of the molecule is O=C(CSc1nnnn1Cc1cccs1)NC[C@@H]1COc2ccccc2O1. The van der Waals surface area contributed by atoms with Crippen molar-refractivity contribution in [1.82, 2.24) is 25.5 Å². The number of carbonyl (C=O) groups is 1. The smallest absolute Gasteiger partial charge is 0.230 e. The predicted octanol–water partition coefficient (Wildman–Crippen LogP) is 1.83. The number of fused-ring (bicyclic) bond motifs is 1. The standard InChI is InChI=1S/C17H17N5O3S2/c23-16(18-8-12-10-24-14-5-1-2-6-15(14)25-12)11-27-17-19-20-21-22(17)9-13-4-3-7-26-13/h1-7,12H,8-11H2,(H,18,23)/t12-/m1/s1. The zero-order chi connectivity index (χ0) is 18.5. The van der Waals surface area contributed by atoms with Gasteiger partial charge in [-0.2, -0.15) is 0 Å². The highest BCUT2D eigenvalue weighted by Gasteiger charge is 2.21. The number of thioether (sulfide) groups is 1. The van der Waals surface area contributed by atoms with E-state index in [-0.39, 0.29) is 17.8 Å². The van der Waals surface area contributed by atoms with E-state index < -0.39 is 0 Å². The van der Waals surface area contributed by atoms with Crippen LogP contribution in [0.25, 0.3) is 0 Å². The molecule has 27 heavy (non-hydrogen) atoms. The summed E-state index contributed by atoms with van der Waals surface area (Å²) in [5, 5.41) is 17.2. The second-order valence-electron chi connectivity index (χ2n) is 5.79. The van der Waals surface area contributed by atoms with Gasteiger partial charge in [0.1, 0.15) is 12.7 Å². The molecule has 0 unspecified atom stereocenters. The third-order valence-electron chi connectivity index (χ3n) is 3.81. The van der Waals surface area contributed by atoms with Gasteiger partial charge in [0.2, 0.25) is 11.1 Å². The molecule has 0 bridgehead atoms. The van der Waals surface area contributed by atoms with Crippen LogP contribution >= 0.6 is 23.1 Å². The number of tetrazole rings is 1. The lowest BCUT2D eigenvalue weighted by molar-refractivity contribution is -0.119. The Morgan fingerprint density at radius 3 is 3.04 bits per heavy atom. The number of carbonyl (C=O) groups excluding carboxylic acids is 1. The molecule has 1 aliphatic heterocycles. The van der Waals surface area contributed by atoms with E-state index in [0.717, 1.165) is 10.6 Å². The fraction of sp³-hybridized carbons (Fsp3) is 0.294. The van der Waals surface area contributed by atoms with E-state index in [0.29, 0.717) is 30.6 Å². The summed E-state index contributed by atoms with van der Waals surface area (Å²) in [5.41, 5.74) is 0. The average molecular weight is 403 g/mol. The third-order valence-corrected chi connectivity index (χ3v) is 5.63. The molecular weight excluding hydrogens is 386 g/mol. The Balaban J connectivity index is 1.23. The normalized spacial score (nSPS) is 15.5. The molecule has 0 saturated carbocycles. The van der Waals surface area contributed by atoms with Crippen molar-refractivity contribution < 1.29 is 14.3 Å². The molecule has 1 atom stereocenters. The first kappa shape index (κ1) is 17.8. The fourth-order valence-electron chi connectivity index (χ4n) is 2.52. The zero-order valence-corrected chi connectivity index (χ0v) is 15.9. The summed E-state index contributed by atoms with van der Waals surface area (Å²) in [5.74, 6) is 1.56. The van der Waals surface area contributed by atoms with E-state index in [9.17, 15) is 4.79 Å². The molecule has 0 radical (unpaired) electrons. The zero-order valence-electron chi connectivity index (χ0n) is 14.3. The highest BCUT2D eigenvalue weighted by Crippen LogP contribution is 2.30. The fourth-order valence-corrected chi connectivity index (χ4v) is 3.91. The van der Waals surface area contributed by atoms with E-state index in [2.05, 4.69) is 20.8 Å². The molecule has 1 aliphatic rings. The minimum atomic E-state index is -0.210. The summed E-state index contributed by atoms with van der Waals surface area (Å²) in [6, 6.07) is 11.5. The van der Waals surface area contributed by atoms with Crippen molar-refractivity contribution in [3.05, 3.63) is 46.7 Å². The van der Waals surface area contributed by atoms with Crippen molar-refractivity contribution in [1.29, 1.82) is 0 Å². The van der Waals surface area contributed by atoms with Gasteiger partial charge in [0, 0.05) is 4.88 Å². The number of ether oxygens (including phenoxy) is 2. The van der Waals surface area contributed by atoms with Crippen molar-refractivity contribution in [3.8, 4) is 11.5 Å². The number of benzene rings is 1. The van der Waals surface area contributed by atoms with E-state index in [1.54, 1.807) is 16.0 Å². The summed E-state index contributed by atoms with van der Waals surface area (Å²) >= 11 is 2.95. The lowest BCUT2D eigenvalue weighted by Gasteiger charge is -2.26. The van der Waals surface area contributed by atoms with Crippen LogP contribution in [0.5, 0.6) is 11.5 Å². The van der Waals surface area contributed by atoms with Gasteiger partial charge in [-0.05, 0) is 34.0 Å². The van der Waals surface area contributed by atoms with Crippen LogP contribution in [0.15, 0.2) is 46.9 Å². The molecule has 0 aliphatic carbocycles. The van der Waals surface area contributed by atoms with E-state index in [1.165, 1.54) is 11.8 Å². The maximum atomic E-state index is 12.2.